The lowest BCUT2D eigenvalue weighted by molar-refractivity contribution is -0.148. The van der Waals surface area contributed by atoms with Gasteiger partial charge in [-0.3, -0.25) is 4.68 Å². The van der Waals surface area contributed by atoms with Gasteiger partial charge in [-0.25, -0.2) is 4.79 Å². The van der Waals surface area contributed by atoms with Crippen molar-refractivity contribution < 1.29 is 9.53 Å². The molecule has 126 valence electrons. The summed E-state index contributed by atoms with van der Waals surface area (Å²) in [6, 6.07) is 7.68. The van der Waals surface area contributed by atoms with Crippen molar-refractivity contribution in [2.24, 2.45) is 7.05 Å². The maximum absolute atomic E-state index is 12.5. The number of benzene rings is 1. The molecule has 0 bridgehead atoms. The Kier molecular flexibility index (Phi) is 4.62. The highest BCUT2D eigenvalue weighted by Crippen LogP contribution is 2.32. The van der Waals surface area contributed by atoms with E-state index in [1.165, 1.54) is 5.56 Å². The molecule has 3 rings (SSSR count). The highest BCUT2D eigenvalue weighted by Gasteiger charge is 2.34. The fraction of sp³-hybridized carbons (Fsp3) is 0.333. The first-order chi connectivity index (χ1) is 11.5. The summed E-state index contributed by atoms with van der Waals surface area (Å²) in [5, 5.41) is 4.89. The molecule has 1 aliphatic heterocycles. The molecule has 24 heavy (non-hydrogen) atoms. The quantitative estimate of drug-likeness (QED) is 0.799. The smallest absolute Gasteiger partial charge is 0.329 e. The number of halogens is 1. The predicted octanol–water partition coefficient (Wildman–Crippen LogP) is 3.03. The molecule has 1 aromatic heterocycles. The average Bonchev–Trinajstić information content (AvgIpc) is 2.91. The summed E-state index contributed by atoms with van der Waals surface area (Å²) in [7, 11) is 1.80. The van der Waals surface area contributed by atoms with Crippen LogP contribution < -0.4 is 0 Å². The van der Waals surface area contributed by atoms with Crippen LogP contribution in [0.5, 0.6) is 0 Å². The number of hydrogen-bond donors (Lipinski definition) is 0. The van der Waals surface area contributed by atoms with Crippen molar-refractivity contribution >= 4 is 23.3 Å². The van der Waals surface area contributed by atoms with Crippen molar-refractivity contribution in [3.05, 3.63) is 58.9 Å². The fourth-order valence-corrected chi connectivity index (χ4v) is 3.33. The van der Waals surface area contributed by atoms with Crippen LogP contribution in [-0.4, -0.2) is 33.3 Å². The second-order valence-corrected chi connectivity index (χ2v) is 6.22. The minimum absolute atomic E-state index is 0.250. The Morgan fingerprint density at radius 3 is 2.75 bits per heavy atom. The molecule has 0 N–H and O–H groups in total. The number of rotatable bonds is 4. The van der Waals surface area contributed by atoms with Gasteiger partial charge in [0.1, 0.15) is 11.7 Å². The number of nitrogens with zero attached hydrogens (tertiary/aromatic N) is 3. The van der Waals surface area contributed by atoms with E-state index in [0.717, 1.165) is 5.56 Å². The highest BCUT2D eigenvalue weighted by atomic mass is 35.5. The Bertz CT molecular complexity index is 784. The number of carbonyl (C=O) groups excluding carboxylic acids is 1. The van der Waals surface area contributed by atoms with Crippen LogP contribution in [0.1, 0.15) is 23.7 Å². The zero-order valence-electron chi connectivity index (χ0n) is 13.8. The first kappa shape index (κ1) is 16.6. The van der Waals surface area contributed by atoms with E-state index in [2.05, 4.69) is 23.8 Å². The van der Waals surface area contributed by atoms with E-state index in [9.17, 15) is 4.79 Å². The van der Waals surface area contributed by atoms with Crippen LogP contribution >= 0.6 is 11.6 Å². The van der Waals surface area contributed by atoms with Gasteiger partial charge in [0, 0.05) is 26.2 Å². The molecule has 0 saturated heterocycles. The van der Waals surface area contributed by atoms with E-state index >= 15 is 0 Å². The topological polar surface area (TPSA) is 47.4 Å². The normalized spacial score (nSPS) is 16.6. The molecular formula is C18H20ClN3O2. The molecule has 1 atom stereocenters. The van der Waals surface area contributed by atoms with E-state index in [4.69, 9.17) is 16.3 Å². The number of carbonyl (C=O) groups is 1. The fourth-order valence-electron chi connectivity index (χ4n) is 3.05. The molecule has 0 saturated carbocycles. The summed E-state index contributed by atoms with van der Waals surface area (Å²) in [5.41, 5.74) is 3.55. The lowest BCUT2D eigenvalue weighted by Crippen LogP contribution is -2.45. The largest absolute Gasteiger partial charge is 0.464 e. The number of ether oxygens (including phenoxy) is 1. The first-order valence-corrected chi connectivity index (χ1v) is 8.27. The van der Waals surface area contributed by atoms with Crippen molar-refractivity contribution in [2.75, 3.05) is 6.61 Å². The molecule has 0 amide bonds. The molecule has 1 aromatic carbocycles. The van der Waals surface area contributed by atoms with Crippen LogP contribution in [0.25, 0.3) is 5.70 Å². The summed E-state index contributed by atoms with van der Waals surface area (Å²) < 4.78 is 6.91. The Balaban J connectivity index is 1.97. The molecule has 0 aliphatic carbocycles. The van der Waals surface area contributed by atoms with Crippen molar-refractivity contribution in [2.45, 2.75) is 25.9 Å². The van der Waals surface area contributed by atoms with Crippen molar-refractivity contribution in [3.63, 3.8) is 0 Å². The zero-order valence-corrected chi connectivity index (χ0v) is 14.6. The van der Waals surface area contributed by atoms with Crippen LogP contribution in [0.2, 0.25) is 5.02 Å². The highest BCUT2D eigenvalue weighted by molar-refractivity contribution is 6.32. The van der Waals surface area contributed by atoms with Gasteiger partial charge >= 0.3 is 5.97 Å². The van der Waals surface area contributed by atoms with Gasteiger partial charge in [0.15, 0.2) is 0 Å². The molecule has 5 nitrogen and oxygen atoms in total. The lowest BCUT2D eigenvalue weighted by atomic mass is 9.93. The van der Waals surface area contributed by atoms with E-state index in [-0.39, 0.29) is 5.97 Å². The number of fused-ring (bicyclic) bond motifs is 1. The predicted molar refractivity (Wildman–Crippen MR) is 93.4 cm³/mol. The summed E-state index contributed by atoms with van der Waals surface area (Å²) in [5.74, 6) is -0.250. The molecule has 2 heterocycles. The van der Waals surface area contributed by atoms with Gasteiger partial charge in [0.05, 0.1) is 17.3 Å². The van der Waals surface area contributed by atoms with E-state index in [1.54, 1.807) is 17.9 Å². The van der Waals surface area contributed by atoms with Crippen LogP contribution in [0, 0.1) is 0 Å². The van der Waals surface area contributed by atoms with Crippen LogP contribution in [-0.2, 0) is 29.5 Å². The number of hydrogen-bond acceptors (Lipinski definition) is 4. The lowest BCUT2D eigenvalue weighted by Gasteiger charge is -2.37. The number of aromatic nitrogens is 2. The molecule has 1 unspecified atom stereocenters. The standard InChI is InChI=1S/C18H20ClN3O2/c1-4-24-18(23)16-9-13-7-5-6-8-14(13)10-22(16)12(2)17-15(19)11-21(3)20-17/h5-8,11,16H,2,4,9-10H2,1,3H3. The Labute approximate surface area is 146 Å². The van der Waals surface area contributed by atoms with Crippen molar-refractivity contribution in [1.82, 2.24) is 14.7 Å². The summed E-state index contributed by atoms with van der Waals surface area (Å²) >= 11 is 6.26. The van der Waals surface area contributed by atoms with Gasteiger partial charge in [0.25, 0.3) is 0 Å². The molecule has 0 spiro atoms. The van der Waals surface area contributed by atoms with Gasteiger partial charge < -0.3 is 9.64 Å². The van der Waals surface area contributed by atoms with Gasteiger partial charge in [-0.1, -0.05) is 42.4 Å². The number of esters is 1. The summed E-state index contributed by atoms with van der Waals surface area (Å²) in [6.45, 7) is 6.88. The molecule has 2 aromatic rings. The van der Waals surface area contributed by atoms with E-state index in [1.807, 2.05) is 24.0 Å². The first-order valence-electron chi connectivity index (χ1n) is 7.89. The van der Waals surface area contributed by atoms with Crippen LogP contribution in [0.15, 0.2) is 37.0 Å². The summed E-state index contributed by atoms with van der Waals surface area (Å²) in [6.07, 6.45) is 2.30. The molecule has 1 aliphatic rings. The van der Waals surface area contributed by atoms with Gasteiger partial charge in [-0.15, -0.1) is 0 Å². The third-order valence-corrected chi connectivity index (χ3v) is 4.49. The maximum atomic E-state index is 12.5. The van der Waals surface area contributed by atoms with Crippen molar-refractivity contribution in [1.29, 1.82) is 0 Å². The second kappa shape index (κ2) is 6.69. The third kappa shape index (κ3) is 3.04. The van der Waals surface area contributed by atoms with E-state index in [0.29, 0.717) is 36.0 Å². The third-order valence-electron chi connectivity index (χ3n) is 4.21. The van der Waals surface area contributed by atoms with Gasteiger partial charge in [-0.2, -0.15) is 5.10 Å². The average molecular weight is 346 g/mol. The SMILES string of the molecule is C=C(c1nn(C)cc1Cl)N1Cc2ccccc2CC1C(=O)OCC. The molecular weight excluding hydrogens is 326 g/mol. The van der Waals surface area contributed by atoms with Gasteiger partial charge in [0.2, 0.25) is 0 Å². The van der Waals surface area contributed by atoms with Crippen LogP contribution in [0.3, 0.4) is 0 Å². The Hall–Kier alpha value is -2.27. The molecule has 0 fully saturated rings. The molecule has 0 radical (unpaired) electrons. The minimum atomic E-state index is -0.426. The zero-order chi connectivity index (χ0) is 17.3. The Morgan fingerprint density at radius 2 is 2.12 bits per heavy atom. The Morgan fingerprint density at radius 1 is 1.42 bits per heavy atom. The van der Waals surface area contributed by atoms with Crippen LogP contribution in [0.4, 0.5) is 0 Å². The maximum Gasteiger partial charge on any atom is 0.329 e. The minimum Gasteiger partial charge on any atom is -0.464 e. The van der Waals surface area contributed by atoms with Gasteiger partial charge in [-0.05, 0) is 18.1 Å². The number of aryl methyl sites for hydroxylation is 1. The molecule has 6 heteroatoms. The van der Waals surface area contributed by atoms with E-state index < -0.39 is 6.04 Å². The second-order valence-electron chi connectivity index (χ2n) is 5.81. The monoisotopic (exact) mass is 345 g/mol. The summed E-state index contributed by atoms with van der Waals surface area (Å²) in [4.78, 5) is 14.4. The van der Waals surface area contributed by atoms with Crippen molar-refractivity contribution in [3.8, 4) is 0 Å².